The van der Waals surface area contributed by atoms with Gasteiger partial charge in [0.25, 0.3) is 0 Å². The zero-order valence-corrected chi connectivity index (χ0v) is 12.4. The second kappa shape index (κ2) is 6.76. The molecule has 1 aromatic carbocycles. The van der Waals surface area contributed by atoms with Crippen molar-refractivity contribution in [1.29, 1.82) is 0 Å². The Kier molecular flexibility index (Phi) is 5.27. The second-order valence-electron chi connectivity index (χ2n) is 5.39. The van der Waals surface area contributed by atoms with Crippen LogP contribution in [0, 0.1) is 6.92 Å². The Morgan fingerprint density at radius 1 is 1.40 bits per heavy atom. The van der Waals surface area contributed by atoms with E-state index in [4.69, 9.17) is 21.1 Å². The molecule has 1 saturated heterocycles. The van der Waals surface area contributed by atoms with Gasteiger partial charge in [0, 0.05) is 19.6 Å². The zero-order valence-electron chi connectivity index (χ0n) is 11.6. The van der Waals surface area contributed by atoms with Crippen molar-refractivity contribution in [1.82, 2.24) is 0 Å². The fourth-order valence-electron chi connectivity index (χ4n) is 2.37. The summed E-state index contributed by atoms with van der Waals surface area (Å²) in [5.41, 5.74) is 0.0824. The minimum Gasteiger partial charge on any atom is -0.489 e. The highest BCUT2D eigenvalue weighted by Gasteiger charge is 2.32. The molecule has 1 aliphatic rings. The Labute approximate surface area is 124 Å². The number of ether oxygens (including phenoxy) is 2. The van der Waals surface area contributed by atoms with Gasteiger partial charge in [0.15, 0.2) is 0 Å². The van der Waals surface area contributed by atoms with Crippen molar-refractivity contribution < 1.29 is 19.7 Å². The van der Waals surface area contributed by atoms with E-state index in [1.165, 1.54) is 0 Å². The van der Waals surface area contributed by atoms with E-state index in [9.17, 15) is 10.2 Å². The molecule has 2 rings (SSSR count). The highest BCUT2D eigenvalue weighted by atomic mass is 35.5. The Bertz CT molecular complexity index is 443. The topological polar surface area (TPSA) is 58.9 Å². The van der Waals surface area contributed by atoms with Gasteiger partial charge in [-0.3, -0.25) is 0 Å². The molecule has 0 bridgehead atoms. The summed E-state index contributed by atoms with van der Waals surface area (Å²) in [6.07, 6.45) is 0.666. The zero-order chi connectivity index (χ0) is 14.6. The molecule has 0 aliphatic carbocycles. The van der Waals surface area contributed by atoms with Crippen molar-refractivity contribution in [3.05, 3.63) is 28.8 Å². The number of aliphatic hydroxyl groups is 2. The van der Waals surface area contributed by atoms with E-state index >= 15 is 0 Å². The van der Waals surface area contributed by atoms with E-state index in [-0.39, 0.29) is 6.61 Å². The molecule has 20 heavy (non-hydrogen) atoms. The molecule has 0 amide bonds. The molecule has 1 unspecified atom stereocenters. The summed E-state index contributed by atoms with van der Waals surface area (Å²) >= 11 is 6.12. The predicted molar refractivity (Wildman–Crippen MR) is 77.3 cm³/mol. The summed E-state index contributed by atoms with van der Waals surface area (Å²) in [6.45, 7) is 3.09. The molecule has 1 fully saturated rings. The van der Waals surface area contributed by atoms with E-state index in [2.05, 4.69) is 0 Å². The standard InChI is InChI=1S/C15H21ClO4/c1-11-3-2-4-13(14(11)16)20-10-12(17)9-15(18)5-7-19-8-6-15/h2-4,12,17-18H,5-10H2,1H3. The number of hydrogen-bond donors (Lipinski definition) is 2. The highest BCUT2D eigenvalue weighted by Crippen LogP contribution is 2.29. The number of aliphatic hydroxyl groups excluding tert-OH is 1. The molecule has 2 N–H and O–H groups in total. The third kappa shape index (κ3) is 4.09. The summed E-state index contributed by atoms with van der Waals surface area (Å²) in [4.78, 5) is 0. The third-order valence-corrected chi connectivity index (χ3v) is 4.11. The van der Waals surface area contributed by atoms with Crippen LogP contribution in [0.4, 0.5) is 0 Å². The fourth-order valence-corrected chi connectivity index (χ4v) is 2.55. The molecular weight excluding hydrogens is 280 g/mol. The van der Waals surface area contributed by atoms with Gasteiger partial charge < -0.3 is 19.7 Å². The summed E-state index contributed by atoms with van der Waals surface area (Å²) in [6, 6.07) is 5.52. The van der Waals surface area contributed by atoms with Crippen LogP contribution in [-0.2, 0) is 4.74 Å². The summed E-state index contributed by atoms with van der Waals surface area (Å²) in [5, 5.41) is 20.9. The molecule has 0 spiro atoms. The second-order valence-corrected chi connectivity index (χ2v) is 5.77. The van der Waals surface area contributed by atoms with Crippen LogP contribution in [0.2, 0.25) is 5.02 Å². The van der Waals surface area contributed by atoms with Crippen molar-refractivity contribution in [2.75, 3.05) is 19.8 Å². The van der Waals surface area contributed by atoms with E-state index in [1.54, 1.807) is 6.07 Å². The lowest BCUT2D eigenvalue weighted by Crippen LogP contribution is -2.40. The minimum atomic E-state index is -0.850. The van der Waals surface area contributed by atoms with Gasteiger partial charge in [-0.05, 0) is 31.4 Å². The molecule has 5 heteroatoms. The predicted octanol–water partition coefficient (Wildman–Crippen LogP) is 2.32. The molecule has 0 radical (unpaired) electrons. The molecular formula is C15H21ClO4. The van der Waals surface area contributed by atoms with Crippen molar-refractivity contribution in [3.8, 4) is 5.75 Å². The Morgan fingerprint density at radius 2 is 2.10 bits per heavy atom. The molecule has 0 aromatic heterocycles. The number of hydrogen-bond acceptors (Lipinski definition) is 4. The van der Waals surface area contributed by atoms with E-state index < -0.39 is 11.7 Å². The monoisotopic (exact) mass is 300 g/mol. The van der Waals surface area contributed by atoms with Crippen LogP contribution >= 0.6 is 11.6 Å². The van der Waals surface area contributed by atoms with Crippen molar-refractivity contribution in [2.24, 2.45) is 0 Å². The molecule has 1 atom stereocenters. The highest BCUT2D eigenvalue weighted by molar-refractivity contribution is 6.32. The normalized spacial score (nSPS) is 19.6. The van der Waals surface area contributed by atoms with Gasteiger partial charge in [-0.2, -0.15) is 0 Å². The molecule has 4 nitrogen and oxygen atoms in total. The fraction of sp³-hybridized carbons (Fsp3) is 0.600. The van der Waals surface area contributed by atoms with Crippen molar-refractivity contribution in [2.45, 2.75) is 37.9 Å². The van der Waals surface area contributed by atoms with E-state index in [0.717, 1.165) is 5.56 Å². The molecule has 0 saturated carbocycles. The van der Waals surface area contributed by atoms with E-state index in [1.807, 2.05) is 19.1 Å². The molecule has 1 aromatic rings. The summed E-state index contributed by atoms with van der Waals surface area (Å²) < 4.78 is 10.8. The van der Waals surface area contributed by atoms with Crippen LogP contribution in [0.25, 0.3) is 0 Å². The average molecular weight is 301 g/mol. The number of benzene rings is 1. The Balaban J connectivity index is 1.85. The van der Waals surface area contributed by atoms with Gasteiger partial charge in [0.05, 0.1) is 16.7 Å². The van der Waals surface area contributed by atoms with Crippen molar-refractivity contribution >= 4 is 11.6 Å². The van der Waals surface area contributed by atoms with Crippen LogP contribution in [-0.4, -0.2) is 41.7 Å². The van der Waals surface area contributed by atoms with Crippen LogP contribution < -0.4 is 4.74 Å². The SMILES string of the molecule is Cc1cccc(OCC(O)CC2(O)CCOCC2)c1Cl. The first-order chi connectivity index (χ1) is 9.50. The summed E-state index contributed by atoms with van der Waals surface area (Å²) in [5.74, 6) is 0.560. The van der Waals surface area contributed by atoms with E-state index in [0.29, 0.717) is 43.2 Å². The van der Waals surface area contributed by atoms with Gasteiger partial charge in [0.2, 0.25) is 0 Å². The Morgan fingerprint density at radius 3 is 2.80 bits per heavy atom. The first-order valence-electron chi connectivity index (χ1n) is 6.86. The minimum absolute atomic E-state index is 0.117. The maximum atomic E-state index is 10.3. The number of aryl methyl sites for hydroxylation is 1. The van der Waals surface area contributed by atoms with Crippen molar-refractivity contribution in [3.63, 3.8) is 0 Å². The molecule has 112 valence electrons. The van der Waals surface area contributed by atoms with Gasteiger partial charge in [0.1, 0.15) is 12.4 Å². The van der Waals surface area contributed by atoms with Crippen LogP contribution in [0.5, 0.6) is 5.75 Å². The Hall–Kier alpha value is -0.810. The maximum Gasteiger partial charge on any atom is 0.138 e. The first kappa shape index (κ1) is 15.6. The largest absolute Gasteiger partial charge is 0.489 e. The van der Waals surface area contributed by atoms with Gasteiger partial charge in [-0.15, -0.1) is 0 Å². The van der Waals surface area contributed by atoms with Crippen LogP contribution in [0.15, 0.2) is 18.2 Å². The van der Waals surface area contributed by atoms with Gasteiger partial charge in [-0.25, -0.2) is 0 Å². The third-order valence-electron chi connectivity index (χ3n) is 3.63. The average Bonchev–Trinajstić information content (AvgIpc) is 2.41. The smallest absolute Gasteiger partial charge is 0.138 e. The quantitative estimate of drug-likeness (QED) is 0.876. The van der Waals surface area contributed by atoms with Gasteiger partial charge >= 0.3 is 0 Å². The van der Waals surface area contributed by atoms with Gasteiger partial charge in [-0.1, -0.05) is 23.7 Å². The number of rotatable bonds is 5. The lowest BCUT2D eigenvalue weighted by atomic mass is 9.88. The summed E-state index contributed by atoms with van der Waals surface area (Å²) in [7, 11) is 0. The van der Waals surface area contributed by atoms with Crippen LogP contribution in [0.3, 0.4) is 0 Å². The van der Waals surface area contributed by atoms with Crippen LogP contribution in [0.1, 0.15) is 24.8 Å². The number of halogens is 1. The molecule has 1 heterocycles. The lowest BCUT2D eigenvalue weighted by molar-refractivity contribution is -0.0906. The first-order valence-corrected chi connectivity index (χ1v) is 7.24. The molecule has 1 aliphatic heterocycles. The maximum absolute atomic E-state index is 10.3. The lowest BCUT2D eigenvalue weighted by Gasteiger charge is -2.33.